The molecule has 1 atom stereocenters. The Kier molecular flexibility index (Phi) is 7.29. The van der Waals surface area contributed by atoms with Gasteiger partial charge in [-0.1, -0.05) is 26.8 Å². The van der Waals surface area contributed by atoms with Crippen molar-refractivity contribution in [1.82, 2.24) is 0 Å². The van der Waals surface area contributed by atoms with Crippen LogP contribution in [0.5, 0.6) is 11.5 Å². The van der Waals surface area contributed by atoms with E-state index >= 15 is 0 Å². The van der Waals surface area contributed by atoms with Crippen LogP contribution in [0.1, 0.15) is 39.2 Å². The largest absolute Gasteiger partial charge is 0.497 e. The molecule has 0 aliphatic carbocycles. The van der Waals surface area contributed by atoms with Gasteiger partial charge in [-0.3, -0.25) is 0 Å². The van der Waals surface area contributed by atoms with Gasteiger partial charge in [0.2, 0.25) is 0 Å². The Balaban J connectivity index is 3.03. The van der Waals surface area contributed by atoms with Gasteiger partial charge in [-0.05, 0) is 43.1 Å². The zero-order valence-electron chi connectivity index (χ0n) is 16.9. The average Bonchev–Trinajstić information content (AvgIpc) is 2.53. The summed E-state index contributed by atoms with van der Waals surface area (Å²) in [5.41, 5.74) is 7.15. The molecule has 1 rings (SSSR count). The second-order valence-corrected chi connectivity index (χ2v) is 12.9. The van der Waals surface area contributed by atoms with Gasteiger partial charge in [0.25, 0.3) is 0 Å². The maximum Gasteiger partial charge on any atom is 0.191 e. The predicted molar refractivity (Wildman–Crippen MR) is 108 cm³/mol. The second kappa shape index (κ2) is 8.38. The van der Waals surface area contributed by atoms with Gasteiger partial charge in [0.1, 0.15) is 11.5 Å². The highest BCUT2D eigenvalue weighted by molar-refractivity contribution is 6.74. The van der Waals surface area contributed by atoms with Gasteiger partial charge in [-0.25, -0.2) is 0 Å². The van der Waals surface area contributed by atoms with Gasteiger partial charge in [0, 0.05) is 18.2 Å². The average molecular weight is 366 g/mol. The quantitative estimate of drug-likeness (QED) is 0.502. The van der Waals surface area contributed by atoms with E-state index in [0.29, 0.717) is 19.4 Å². The Morgan fingerprint density at radius 3 is 2.28 bits per heavy atom. The molecule has 0 bridgehead atoms. The van der Waals surface area contributed by atoms with E-state index in [1.165, 1.54) is 0 Å². The summed E-state index contributed by atoms with van der Waals surface area (Å²) >= 11 is 0. The molecule has 2 N–H and O–H groups in total. The molecule has 4 nitrogen and oxygen atoms in total. The van der Waals surface area contributed by atoms with Crippen LogP contribution in [0.3, 0.4) is 0 Å². The van der Waals surface area contributed by atoms with Crippen LogP contribution < -0.4 is 15.2 Å². The molecule has 1 aromatic rings. The van der Waals surface area contributed by atoms with Crippen LogP contribution in [0.2, 0.25) is 18.1 Å². The van der Waals surface area contributed by atoms with Crippen molar-refractivity contribution in [3.8, 4) is 11.5 Å². The summed E-state index contributed by atoms with van der Waals surface area (Å²) in [6.07, 6.45) is 3.21. The van der Waals surface area contributed by atoms with E-state index in [2.05, 4.69) is 40.4 Å². The molecule has 0 saturated carbocycles. The van der Waals surface area contributed by atoms with E-state index in [0.717, 1.165) is 17.1 Å². The fraction of sp³-hybridized carbons (Fsp3) is 0.600. The number of nitrogens with two attached hydrogens (primary N) is 1. The lowest BCUT2D eigenvalue weighted by atomic mass is 9.84. The molecule has 1 aromatic carbocycles. The first kappa shape index (κ1) is 21.7. The lowest BCUT2D eigenvalue weighted by Crippen LogP contribution is -2.43. The van der Waals surface area contributed by atoms with Crippen molar-refractivity contribution in [2.45, 2.75) is 57.3 Å². The van der Waals surface area contributed by atoms with Gasteiger partial charge >= 0.3 is 0 Å². The molecule has 0 radical (unpaired) electrons. The first-order chi connectivity index (χ1) is 11.5. The Bertz CT molecular complexity index is 581. The number of benzene rings is 1. The van der Waals surface area contributed by atoms with Crippen LogP contribution in [0.15, 0.2) is 30.9 Å². The molecule has 0 aliphatic heterocycles. The predicted octanol–water partition coefficient (Wildman–Crippen LogP) is 4.85. The van der Waals surface area contributed by atoms with Gasteiger partial charge in [-0.15, -0.1) is 6.58 Å². The monoisotopic (exact) mass is 365 g/mol. The third-order valence-corrected chi connectivity index (χ3v) is 9.81. The van der Waals surface area contributed by atoms with E-state index in [1.807, 2.05) is 24.3 Å². The van der Waals surface area contributed by atoms with Gasteiger partial charge in [0.05, 0.1) is 19.8 Å². The number of hydrogen-bond acceptors (Lipinski definition) is 4. The topological polar surface area (TPSA) is 53.7 Å². The van der Waals surface area contributed by atoms with Crippen molar-refractivity contribution in [3.63, 3.8) is 0 Å². The smallest absolute Gasteiger partial charge is 0.191 e. The molecule has 0 spiro atoms. The van der Waals surface area contributed by atoms with Crippen LogP contribution in [-0.2, 0) is 9.96 Å². The summed E-state index contributed by atoms with van der Waals surface area (Å²) in [4.78, 5) is 0. The Morgan fingerprint density at radius 2 is 1.80 bits per heavy atom. The first-order valence-corrected chi connectivity index (χ1v) is 11.7. The van der Waals surface area contributed by atoms with Crippen LogP contribution in [-0.4, -0.2) is 29.1 Å². The number of ether oxygens (including phenoxy) is 2. The molecule has 25 heavy (non-hydrogen) atoms. The fourth-order valence-electron chi connectivity index (χ4n) is 2.52. The summed E-state index contributed by atoms with van der Waals surface area (Å²) in [6.45, 7) is 15.7. The SMILES string of the molecule is C=CCC(N)(CCO[Si](C)(C)C(C)(C)C)c1ccc(OC)cc1OC. The number of rotatable bonds is 9. The molecular weight excluding hydrogens is 330 g/mol. The number of hydrogen-bond donors (Lipinski definition) is 1. The van der Waals surface area contributed by atoms with Crippen molar-refractivity contribution in [2.75, 3.05) is 20.8 Å². The molecule has 0 heterocycles. The van der Waals surface area contributed by atoms with E-state index in [4.69, 9.17) is 19.6 Å². The summed E-state index contributed by atoms with van der Waals surface area (Å²) in [7, 11) is 1.49. The highest BCUT2D eigenvalue weighted by Gasteiger charge is 2.38. The minimum Gasteiger partial charge on any atom is -0.497 e. The van der Waals surface area contributed by atoms with E-state index in [9.17, 15) is 0 Å². The van der Waals surface area contributed by atoms with Crippen LogP contribution in [0, 0.1) is 0 Å². The normalized spacial score (nSPS) is 14.7. The van der Waals surface area contributed by atoms with Crippen LogP contribution >= 0.6 is 0 Å². The fourth-order valence-corrected chi connectivity index (χ4v) is 3.56. The maximum atomic E-state index is 6.78. The van der Waals surface area contributed by atoms with Crippen molar-refractivity contribution >= 4 is 8.32 Å². The molecule has 0 aliphatic rings. The van der Waals surface area contributed by atoms with Crippen molar-refractivity contribution in [1.29, 1.82) is 0 Å². The molecule has 1 unspecified atom stereocenters. The van der Waals surface area contributed by atoms with E-state index < -0.39 is 13.9 Å². The first-order valence-electron chi connectivity index (χ1n) is 8.77. The van der Waals surface area contributed by atoms with E-state index in [1.54, 1.807) is 14.2 Å². The summed E-state index contributed by atoms with van der Waals surface area (Å²) in [6, 6.07) is 5.76. The lowest BCUT2D eigenvalue weighted by Gasteiger charge is -2.38. The van der Waals surface area contributed by atoms with Gasteiger partial charge in [0.15, 0.2) is 8.32 Å². The number of methoxy groups -OCH3 is 2. The highest BCUT2D eigenvalue weighted by Crippen LogP contribution is 2.39. The molecule has 0 saturated heterocycles. The Labute approximate surface area is 154 Å². The van der Waals surface area contributed by atoms with E-state index in [-0.39, 0.29) is 5.04 Å². The Morgan fingerprint density at radius 1 is 1.16 bits per heavy atom. The summed E-state index contributed by atoms with van der Waals surface area (Å²) in [5.74, 6) is 1.48. The maximum absolute atomic E-state index is 6.78. The molecule has 5 heteroatoms. The molecular formula is C20H35NO3Si. The molecule has 0 fully saturated rings. The minimum absolute atomic E-state index is 0.181. The van der Waals surface area contributed by atoms with Crippen molar-refractivity contribution in [3.05, 3.63) is 36.4 Å². The highest BCUT2D eigenvalue weighted by atomic mass is 28.4. The molecule has 0 amide bonds. The summed E-state index contributed by atoms with van der Waals surface area (Å²) in [5, 5.41) is 0.181. The van der Waals surface area contributed by atoms with Gasteiger partial charge in [-0.2, -0.15) is 0 Å². The van der Waals surface area contributed by atoms with Crippen LogP contribution in [0.4, 0.5) is 0 Å². The second-order valence-electron chi connectivity index (χ2n) is 8.07. The van der Waals surface area contributed by atoms with Crippen molar-refractivity contribution < 1.29 is 13.9 Å². The third kappa shape index (κ3) is 5.33. The molecule has 142 valence electrons. The lowest BCUT2D eigenvalue weighted by molar-refractivity contribution is 0.236. The van der Waals surface area contributed by atoms with Crippen LogP contribution in [0.25, 0.3) is 0 Å². The molecule has 0 aromatic heterocycles. The third-order valence-electron chi connectivity index (χ3n) is 5.27. The minimum atomic E-state index is -1.80. The summed E-state index contributed by atoms with van der Waals surface area (Å²) < 4.78 is 17.2. The zero-order valence-corrected chi connectivity index (χ0v) is 17.9. The van der Waals surface area contributed by atoms with Crippen molar-refractivity contribution in [2.24, 2.45) is 5.73 Å². The van der Waals surface area contributed by atoms with Gasteiger partial charge < -0.3 is 19.6 Å². The Hall–Kier alpha value is -1.30. The standard InChI is InChI=1S/C20H35NO3Si/c1-9-12-20(21,13-14-24-25(7,8)19(2,3)4)17-11-10-16(22-5)15-18(17)23-6/h9-11,15H,1,12-14,21H2,2-8H3. The zero-order chi connectivity index (χ0) is 19.3.